The summed E-state index contributed by atoms with van der Waals surface area (Å²) in [6.45, 7) is 4.09. The van der Waals surface area contributed by atoms with E-state index in [1.807, 2.05) is 78.9 Å². The molecular formula is C26H24N2O3. The fourth-order valence-electron chi connectivity index (χ4n) is 3.28. The summed E-state index contributed by atoms with van der Waals surface area (Å²) in [6.07, 6.45) is 0.974. The number of anilines is 1. The number of benzene rings is 3. The van der Waals surface area contributed by atoms with Gasteiger partial charge in [0.25, 0.3) is 5.91 Å². The summed E-state index contributed by atoms with van der Waals surface area (Å²) >= 11 is 0. The summed E-state index contributed by atoms with van der Waals surface area (Å²) in [5.74, 6) is 0.972. The number of carbonyl (C=O) groups excluding carboxylic acids is 1. The highest BCUT2D eigenvalue weighted by Gasteiger charge is 2.20. The fourth-order valence-corrected chi connectivity index (χ4v) is 3.28. The number of hydrogen-bond acceptors (Lipinski definition) is 4. The lowest BCUT2D eigenvalue weighted by Crippen LogP contribution is -2.15. The Bertz CT molecular complexity index is 1150. The zero-order chi connectivity index (χ0) is 21.6. The quantitative estimate of drug-likeness (QED) is 0.402. The van der Waals surface area contributed by atoms with Crippen molar-refractivity contribution in [3.63, 3.8) is 0 Å². The van der Waals surface area contributed by atoms with Gasteiger partial charge in [0.15, 0.2) is 5.69 Å². The molecular weight excluding hydrogens is 388 g/mol. The van der Waals surface area contributed by atoms with Crippen LogP contribution in [-0.2, 0) is 13.0 Å². The molecule has 1 amide bonds. The van der Waals surface area contributed by atoms with Crippen LogP contribution in [0.4, 0.5) is 5.69 Å². The van der Waals surface area contributed by atoms with E-state index in [4.69, 9.17) is 9.26 Å². The highest BCUT2D eigenvalue weighted by molar-refractivity contribution is 6.04. The van der Waals surface area contributed by atoms with Gasteiger partial charge in [-0.2, -0.15) is 0 Å². The van der Waals surface area contributed by atoms with E-state index in [0.29, 0.717) is 17.0 Å². The molecule has 0 saturated heterocycles. The van der Waals surface area contributed by atoms with Gasteiger partial charge in [-0.1, -0.05) is 66.7 Å². The van der Waals surface area contributed by atoms with Gasteiger partial charge in [0, 0.05) is 5.69 Å². The summed E-state index contributed by atoms with van der Waals surface area (Å²) < 4.78 is 11.1. The molecule has 0 spiro atoms. The van der Waals surface area contributed by atoms with E-state index in [-0.39, 0.29) is 18.2 Å². The lowest BCUT2D eigenvalue weighted by molar-refractivity contribution is 0.101. The molecule has 1 heterocycles. The molecule has 5 nitrogen and oxygen atoms in total. The second-order valence-electron chi connectivity index (χ2n) is 7.25. The molecule has 156 valence electrons. The van der Waals surface area contributed by atoms with E-state index < -0.39 is 0 Å². The monoisotopic (exact) mass is 412 g/mol. The van der Waals surface area contributed by atoms with Gasteiger partial charge in [0.2, 0.25) is 0 Å². The minimum absolute atomic E-state index is 0.205. The molecule has 0 aliphatic carbocycles. The van der Waals surface area contributed by atoms with Crippen molar-refractivity contribution in [3.05, 3.63) is 101 Å². The van der Waals surface area contributed by atoms with Crippen molar-refractivity contribution in [2.24, 2.45) is 0 Å². The Morgan fingerprint density at radius 3 is 2.29 bits per heavy atom. The Balaban J connectivity index is 1.44. The molecule has 0 radical (unpaired) electrons. The van der Waals surface area contributed by atoms with Gasteiger partial charge in [-0.3, -0.25) is 4.79 Å². The van der Waals surface area contributed by atoms with E-state index in [9.17, 15) is 4.79 Å². The molecule has 0 aliphatic rings. The third-order valence-corrected chi connectivity index (χ3v) is 5.16. The van der Waals surface area contributed by atoms with E-state index in [1.54, 1.807) is 6.92 Å². The van der Waals surface area contributed by atoms with Crippen LogP contribution in [0.15, 0.2) is 83.4 Å². The maximum absolute atomic E-state index is 12.8. The maximum atomic E-state index is 12.8. The van der Waals surface area contributed by atoms with Crippen molar-refractivity contribution in [3.8, 4) is 16.9 Å². The first-order valence-electron chi connectivity index (χ1n) is 10.3. The first kappa shape index (κ1) is 20.4. The third-order valence-electron chi connectivity index (χ3n) is 5.16. The van der Waals surface area contributed by atoms with Gasteiger partial charge in [0.1, 0.15) is 18.1 Å². The Morgan fingerprint density at radius 2 is 1.61 bits per heavy atom. The van der Waals surface area contributed by atoms with Crippen LogP contribution in [0.5, 0.6) is 5.75 Å². The van der Waals surface area contributed by atoms with Crippen LogP contribution in [0.3, 0.4) is 0 Å². The minimum Gasteiger partial charge on any atom is -0.489 e. The molecule has 5 heteroatoms. The summed E-state index contributed by atoms with van der Waals surface area (Å²) in [5.41, 5.74) is 5.00. The molecule has 0 atom stereocenters. The summed E-state index contributed by atoms with van der Waals surface area (Å²) in [6, 6.07) is 25.7. The highest BCUT2D eigenvalue weighted by Crippen LogP contribution is 2.23. The van der Waals surface area contributed by atoms with Crippen LogP contribution in [0.2, 0.25) is 0 Å². The molecule has 0 saturated carbocycles. The van der Waals surface area contributed by atoms with E-state index in [0.717, 1.165) is 23.3 Å². The normalized spacial score (nSPS) is 10.6. The Labute approximate surface area is 181 Å². The van der Waals surface area contributed by atoms with Crippen molar-refractivity contribution < 1.29 is 14.1 Å². The van der Waals surface area contributed by atoms with Gasteiger partial charge in [0.05, 0.1) is 5.56 Å². The molecule has 1 N–H and O–H groups in total. The van der Waals surface area contributed by atoms with Crippen LogP contribution in [0.25, 0.3) is 11.1 Å². The van der Waals surface area contributed by atoms with Crippen LogP contribution < -0.4 is 10.1 Å². The van der Waals surface area contributed by atoms with Gasteiger partial charge >= 0.3 is 0 Å². The van der Waals surface area contributed by atoms with Gasteiger partial charge in [-0.15, -0.1) is 0 Å². The topological polar surface area (TPSA) is 64.4 Å². The van der Waals surface area contributed by atoms with E-state index in [2.05, 4.69) is 17.4 Å². The average Bonchev–Trinajstić information content (AvgIpc) is 3.19. The van der Waals surface area contributed by atoms with Crippen LogP contribution >= 0.6 is 0 Å². The van der Waals surface area contributed by atoms with Gasteiger partial charge in [-0.25, -0.2) is 0 Å². The van der Waals surface area contributed by atoms with E-state index >= 15 is 0 Å². The smallest absolute Gasteiger partial charge is 0.278 e. The zero-order valence-corrected chi connectivity index (χ0v) is 17.6. The van der Waals surface area contributed by atoms with Crippen LogP contribution in [0, 0.1) is 6.92 Å². The molecule has 0 bridgehead atoms. The first-order valence-corrected chi connectivity index (χ1v) is 10.3. The number of amides is 1. The Hall–Kier alpha value is -3.86. The van der Waals surface area contributed by atoms with Gasteiger partial charge in [-0.05, 0) is 54.3 Å². The molecule has 1 aromatic heterocycles. The fraction of sp³-hybridized carbons (Fsp3) is 0.154. The van der Waals surface area contributed by atoms with Crippen molar-refractivity contribution in [1.29, 1.82) is 0 Å². The maximum Gasteiger partial charge on any atom is 0.278 e. The summed E-state index contributed by atoms with van der Waals surface area (Å²) in [7, 11) is 0. The molecule has 4 rings (SSSR count). The predicted octanol–water partition coefficient (Wildman–Crippen LogP) is 6.04. The Morgan fingerprint density at radius 1 is 0.935 bits per heavy atom. The lowest BCUT2D eigenvalue weighted by atomic mass is 10.1. The number of carbonyl (C=O) groups is 1. The standard InChI is InChI=1S/C26H24N2O3/c1-3-19-9-15-23(16-10-19)30-17-24-18(2)31-28-25(24)26(29)27-22-13-11-21(12-14-22)20-7-5-4-6-8-20/h4-16H,3,17H2,1-2H3,(H,27,29). The number of ether oxygens (including phenoxy) is 1. The van der Waals surface area contributed by atoms with Gasteiger partial charge < -0.3 is 14.6 Å². The number of hydrogen-bond donors (Lipinski definition) is 1. The second kappa shape index (κ2) is 9.30. The summed E-state index contributed by atoms with van der Waals surface area (Å²) in [5, 5.41) is 6.84. The number of nitrogens with one attached hydrogen (secondary N) is 1. The van der Waals surface area contributed by atoms with Crippen LogP contribution in [0.1, 0.15) is 34.3 Å². The minimum atomic E-state index is -0.329. The largest absolute Gasteiger partial charge is 0.489 e. The number of nitrogens with zero attached hydrogens (tertiary/aromatic N) is 1. The summed E-state index contributed by atoms with van der Waals surface area (Å²) in [4.78, 5) is 12.8. The third kappa shape index (κ3) is 4.83. The molecule has 4 aromatic rings. The van der Waals surface area contributed by atoms with Crippen molar-refractivity contribution in [2.75, 3.05) is 5.32 Å². The number of rotatable bonds is 7. The lowest BCUT2D eigenvalue weighted by Gasteiger charge is -2.08. The van der Waals surface area contributed by atoms with E-state index in [1.165, 1.54) is 5.56 Å². The first-order chi connectivity index (χ1) is 15.1. The average molecular weight is 412 g/mol. The highest BCUT2D eigenvalue weighted by atomic mass is 16.5. The van der Waals surface area contributed by atoms with Crippen molar-refractivity contribution in [1.82, 2.24) is 5.16 Å². The SMILES string of the molecule is CCc1ccc(OCc2c(C(=O)Nc3ccc(-c4ccccc4)cc3)noc2C)cc1. The second-order valence-corrected chi connectivity index (χ2v) is 7.25. The number of aromatic nitrogens is 1. The number of aryl methyl sites for hydroxylation is 2. The molecule has 0 unspecified atom stereocenters. The van der Waals surface area contributed by atoms with Crippen molar-refractivity contribution >= 4 is 11.6 Å². The molecule has 0 fully saturated rings. The van der Waals surface area contributed by atoms with Crippen LogP contribution in [-0.4, -0.2) is 11.1 Å². The zero-order valence-electron chi connectivity index (χ0n) is 17.6. The molecule has 3 aromatic carbocycles. The molecule has 0 aliphatic heterocycles. The Kier molecular flexibility index (Phi) is 6.13. The van der Waals surface area contributed by atoms with Crippen molar-refractivity contribution in [2.45, 2.75) is 26.9 Å². The molecule has 31 heavy (non-hydrogen) atoms. The predicted molar refractivity (Wildman–Crippen MR) is 121 cm³/mol.